The summed E-state index contributed by atoms with van der Waals surface area (Å²) >= 11 is 1.27. The van der Waals surface area contributed by atoms with Crippen LogP contribution in [0.25, 0.3) is 0 Å². The zero-order valence-electron chi connectivity index (χ0n) is 15.0. The zero-order chi connectivity index (χ0) is 18.5. The number of rotatable bonds is 5. The van der Waals surface area contributed by atoms with Crippen molar-refractivity contribution in [2.75, 3.05) is 18.4 Å². The number of nitrogens with zero attached hydrogens (tertiary/aromatic N) is 2. The number of hydrogen-bond donors (Lipinski definition) is 1. The summed E-state index contributed by atoms with van der Waals surface area (Å²) < 4.78 is 5.65. The maximum absolute atomic E-state index is 12.6. The first-order valence-electron chi connectivity index (χ1n) is 8.75. The molecule has 1 fully saturated rings. The van der Waals surface area contributed by atoms with E-state index in [1.54, 1.807) is 10.3 Å². The van der Waals surface area contributed by atoms with Crippen LogP contribution in [0.1, 0.15) is 36.3 Å². The van der Waals surface area contributed by atoms with Gasteiger partial charge in [-0.3, -0.25) is 9.59 Å². The van der Waals surface area contributed by atoms with Crippen molar-refractivity contribution in [3.05, 3.63) is 47.0 Å². The highest BCUT2D eigenvalue weighted by Gasteiger charge is 2.28. The quantitative estimate of drug-likeness (QED) is 0.875. The van der Waals surface area contributed by atoms with Crippen LogP contribution < -0.4 is 5.32 Å². The molecule has 0 saturated carbocycles. The molecule has 6 nitrogen and oxygen atoms in total. The van der Waals surface area contributed by atoms with Crippen LogP contribution in [0, 0.1) is 0 Å². The lowest BCUT2D eigenvalue weighted by atomic mass is 10.1. The number of nitrogens with one attached hydrogen (secondary N) is 1. The fourth-order valence-corrected chi connectivity index (χ4v) is 3.72. The molecule has 0 bridgehead atoms. The van der Waals surface area contributed by atoms with E-state index in [4.69, 9.17) is 4.74 Å². The molecular formula is C19H23N3O3S. The number of thiazole rings is 1. The lowest BCUT2D eigenvalue weighted by Crippen LogP contribution is -2.48. The highest BCUT2D eigenvalue weighted by molar-refractivity contribution is 7.14. The summed E-state index contributed by atoms with van der Waals surface area (Å²) in [5, 5.41) is 4.93. The number of benzene rings is 1. The standard InChI is InChI=1S/C19H23N3O3S/c1-13-10-22(11-14(2)25-13)18(24)16-12-26-19(20-16)21-17(23)9-8-15-6-4-3-5-7-15/h3-7,12-14H,8-11H2,1-2H3,(H,20,21,23). The molecule has 1 aromatic heterocycles. The SMILES string of the molecule is CC1CN(C(=O)c2csc(NC(=O)CCc3ccccc3)n2)CC(C)O1. The van der Waals surface area contributed by atoms with Crippen molar-refractivity contribution in [3.63, 3.8) is 0 Å². The van der Waals surface area contributed by atoms with E-state index in [0.717, 1.165) is 5.56 Å². The number of morpholine rings is 1. The van der Waals surface area contributed by atoms with Gasteiger partial charge in [0, 0.05) is 24.9 Å². The Bertz CT molecular complexity index is 752. The van der Waals surface area contributed by atoms with Gasteiger partial charge < -0.3 is 15.0 Å². The van der Waals surface area contributed by atoms with Crippen LogP contribution in [0.15, 0.2) is 35.7 Å². The van der Waals surface area contributed by atoms with Gasteiger partial charge in [0.2, 0.25) is 5.91 Å². The van der Waals surface area contributed by atoms with Crippen LogP contribution in [0.4, 0.5) is 5.13 Å². The van der Waals surface area contributed by atoms with E-state index < -0.39 is 0 Å². The highest BCUT2D eigenvalue weighted by atomic mass is 32.1. The second-order valence-electron chi connectivity index (χ2n) is 6.54. The van der Waals surface area contributed by atoms with Crippen molar-refractivity contribution in [1.82, 2.24) is 9.88 Å². The molecule has 1 N–H and O–H groups in total. The molecule has 26 heavy (non-hydrogen) atoms. The van der Waals surface area contributed by atoms with Gasteiger partial charge in [-0.1, -0.05) is 30.3 Å². The molecule has 2 aromatic rings. The summed E-state index contributed by atoms with van der Waals surface area (Å²) in [6.07, 6.45) is 1.08. The van der Waals surface area contributed by atoms with E-state index >= 15 is 0 Å². The number of carbonyl (C=O) groups excluding carboxylic acids is 2. The Balaban J connectivity index is 1.54. The predicted molar refractivity (Wildman–Crippen MR) is 101 cm³/mol. The maximum atomic E-state index is 12.6. The molecule has 3 rings (SSSR count). The Morgan fingerprint density at radius 3 is 2.62 bits per heavy atom. The van der Waals surface area contributed by atoms with Crippen molar-refractivity contribution < 1.29 is 14.3 Å². The Kier molecular flexibility index (Phi) is 6.00. The third-order valence-electron chi connectivity index (χ3n) is 4.16. The molecule has 1 aliphatic rings. The van der Waals surface area contributed by atoms with E-state index in [1.807, 2.05) is 44.2 Å². The van der Waals surface area contributed by atoms with Gasteiger partial charge in [0.05, 0.1) is 12.2 Å². The summed E-state index contributed by atoms with van der Waals surface area (Å²) in [7, 11) is 0. The van der Waals surface area contributed by atoms with Crippen molar-refractivity contribution in [2.45, 2.75) is 38.9 Å². The summed E-state index contributed by atoms with van der Waals surface area (Å²) in [5.74, 6) is -0.219. The first-order valence-corrected chi connectivity index (χ1v) is 9.63. The fraction of sp³-hybridized carbons (Fsp3) is 0.421. The minimum absolute atomic E-state index is 0.0125. The lowest BCUT2D eigenvalue weighted by molar-refractivity contribution is -0.116. The molecule has 0 spiro atoms. The number of anilines is 1. The summed E-state index contributed by atoms with van der Waals surface area (Å²) in [6.45, 7) is 5.02. The van der Waals surface area contributed by atoms with Gasteiger partial charge in [-0.15, -0.1) is 11.3 Å². The van der Waals surface area contributed by atoms with Crippen molar-refractivity contribution >= 4 is 28.3 Å². The first kappa shape index (κ1) is 18.5. The van der Waals surface area contributed by atoms with Gasteiger partial charge >= 0.3 is 0 Å². The van der Waals surface area contributed by atoms with Crippen LogP contribution in [-0.2, 0) is 16.0 Å². The number of carbonyl (C=O) groups is 2. The number of aryl methyl sites for hydroxylation is 1. The summed E-state index contributed by atoms with van der Waals surface area (Å²) in [4.78, 5) is 30.7. The molecule has 2 unspecified atom stereocenters. The van der Waals surface area contributed by atoms with Gasteiger partial charge in [0.25, 0.3) is 5.91 Å². The van der Waals surface area contributed by atoms with Crippen molar-refractivity contribution in [2.24, 2.45) is 0 Å². The molecule has 0 radical (unpaired) electrons. The first-order chi connectivity index (χ1) is 12.5. The maximum Gasteiger partial charge on any atom is 0.273 e. The number of aromatic nitrogens is 1. The Morgan fingerprint density at radius 1 is 1.23 bits per heavy atom. The fourth-order valence-electron chi connectivity index (χ4n) is 3.02. The highest BCUT2D eigenvalue weighted by Crippen LogP contribution is 2.19. The lowest BCUT2D eigenvalue weighted by Gasteiger charge is -2.34. The number of hydrogen-bond acceptors (Lipinski definition) is 5. The van der Waals surface area contributed by atoms with Crippen LogP contribution in [0.2, 0.25) is 0 Å². The molecule has 7 heteroatoms. The molecule has 2 heterocycles. The smallest absolute Gasteiger partial charge is 0.273 e. The Morgan fingerprint density at radius 2 is 1.92 bits per heavy atom. The Labute approximate surface area is 157 Å². The van der Waals surface area contributed by atoms with Gasteiger partial charge in [-0.05, 0) is 25.8 Å². The molecule has 1 aliphatic heterocycles. The minimum atomic E-state index is -0.118. The normalized spacial score (nSPS) is 20.0. The van der Waals surface area contributed by atoms with E-state index in [1.165, 1.54) is 11.3 Å². The molecule has 138 valence electrons. The summed E-state index contributed by atoms with van der Waals surface area (Å²) in [6, 6.07) is 9.86. The Hall–Kier alpha value is -2.25. The average Bonchev–Trinajstić information content (AvgIpc) is 3.08. The molecule has 2 amide bonds. The predicted octanol–water partition coefficient (Wildman–Crippen LogP) is 2.96. The van der Waals surface area contributed by atoms with Crippen LogP contribution >= 0.6 is 11.3 Å². The molecule has 0 aliphatic carbocycles. The molecule has 1 saturated heterocycles. The third kappa shape index (κ3) is 4.89. The molecule has 1 aromatic carbocycles. The van der Waals surface area contributed by atoms with Gasteiger partial charge in [-0.2, -0.15) is 0 Å². The molecule has 2 atom stereocenters. The topological polar surface area (TPSA) is 71.5 Å². The average molecular weight is 373 g/mol. The number of amides is 2. The van der Waals surface area contributed by atoms with Crippen LogP contribution in [0.5, 0.6) is 0 Å². The summed E-state index contributed by atoms with van der Waals surface area (Å²) in [5.41, 5.74) is 1.49. The van der Waals surface area contributed by atoms with E-state index in [9.17, 15) is 9.59 Å². The van der Waals surface area contributed by atoms with Crippen LogP contribution in [-0.4, -0.2) is 47.0 Å². The number of ether oxygens (including phenoxy) is 1. The van der Waals surface area contributed by atoms with Crippen molar-refractivity contribution in [3.8, 4) is 0 Å². The van der Waals surface area contributed by atoms with Crippen molar-refractivity contribution in [1.29, 1.82) is 0 Å². The van der Waals surface area contributed by atoms with Gasteiger partial charge in [0.15, 0.2) is 5.13 Å². The van der Waals surface area contributed by atoms with E-state index in [-0.39, 0.29) is 24.0 Å². The third-order valence-corrected chi connectivity index (χ3v) is 4.92. The molecular weight excluding hydrogens is 350 g/mol. The van der Waals surface area contributed by atoms with Gasteiger partial charge in [-0.25, -0.2) is 4.98 Å². The van der Waals surface area contributed by atoms with Gasteiger partial charge in [0.1, 0.15) is 5.69 Å². The van der Waals surface area contributed by atoms with E-state index in [0.29, 0.717) is 36.8 Å². The minimum Gasteiger partial charge on any atom is -0.372 e. The van der Waals surface area contributed by atoms with Crippen LogP contribution in [0.3, 0.4) is 0 Å². The van der Waals surface area contributed by atoms with E-state index in [2.05, 4.69) is 10.3 Å². The largest absolute Gasteiger partial charge is 0.372 e. The zero-order valence-corrected chi connectivity index (χ0v) is 15.8. The second-order valence-corrected chi connectivity index (χ2v) is 7.40. The monoisotopic (exact) mass is 373 g/mol. The second kappa shape index (κ2) is 8.42.